The number of aliphatic hydroxyl groups excluding tert-OH is 1. The molecule has 7 nitrogen and oxygen atoms in total. The summed E-state index contributed by atoms with van der Waals surface area (Å²) in [6.45, 7) is 5.55. The highest BCUT2D eigenvalue weighted by atomic mass is 32.1. The van der Waals surface area contributed by atoms with Crippen molar-refractivity contribution in [3.8, 4) is 0 Å². The second-order valence-corrected chi connectivity index (χ2v) is 6.37. The van der Waals surface area contributed by atoms with Crippen molar-refractivity contribution in [1.29, 1.82) is 0 Å². The molecule has 0 spiro atoms. The van der Waals surface area contributed by atoms with Gasteiger partial charge in [0.15, 0.2) is 10.6 Å². The van der Waals surface area contributed by atoms with E-state index in [1.54, 1.807) is 0 Å². The first kappa shape index (κ1) is 16.4. The van der Waals surface area contributed by atoms with Crippen molar-refractivity contribution in [2.75, 3.05) is 13.1 Å². The van der Waals surface area contributed by atoms with E-state index in [9.17, 15) is 5.11 Å². The zero-order valence-corrected chi connectivity index (χ0v) is 14.3. The van der Waals surface area contributed by atoms with Crippen LogP contribution in [0.4, 0.5) is 0 Å². The van der Waals surface area contributed by atoms with E-state index in [1.807, 2.05) is 28.0 Å². The number of likely N-dealkylation sites (tertiary alicyclic amines) is 1. The highest BCUT2D eigenvalue weighted by molar-refractivity contribution is 7.71. The van der Waals surface area contributed by atoms with Crippen molar-refractivity contribution in [3.63, 3.8) is 0 Å². The average Bonchev–Trinajstić information content (AvgIpc) is 3.20. The third-order valence-electron chi connectivity index (χ3n) is 4.43. The normalized spacial score (nSPS) is 17.0. The number of nitrogens with zero attached hydrogens (tertiary/aromatic N) is 6. The Labute approximate surface area is 141 Å². The van der Waals surface area contributed by atoms with Gasteiger partial charge in [0.2, 0.25) is 0 Å². The van der Waals surface area contributed by atoms with Crippen molar-refractivity contribution >= 4 is 12.2 Å². The van der Waals surface area contributed by atoms with Crippen LogP contribution in [0.15, 0.2) is 18.7 Å². The monoisotopic (exact) mass is 336 g/mol. The summed E-state index contributed by atoms with van der Waals surface area (Å²) in [6, 6.07) is 0.535. The van der Waals surface area contributed by atoms with E-state index in [0.717, 1.165) is 38.9 Å². The van der Waals surface area contributed by atoms with Crippen LogP contribution in [-0.4, -0.2) is 47.0 Å². The summed E-state index contributed by atoms with van der Waals surface area (Å²) in [5.74, 6) is 0.658. The van der Waals surface area contributed by atoms with Crippen LogP contribution in [0.25, 0.3) is 0 Å². The lowest BCUT2D eigenvalue weighted by molar-refractivity contribution is 0.141. The van der Waals surface area contributed by atoms with Gasteiger partial charge in [-0.15, -0.1) is 0 Å². The van der Waals surface area contributed by atoms with Gasteiger partial charge in [-0.1, -0.05) is 6.92 Å². The van der Waals surface area contributed by atoms with Crippen LogP contribution in [0.1, 0.15) is 38.1 Å². The number of imidazole rings is 1. The van der Waals surface area contributed by atoms with Gasteiger partial charge >= 0.3 is 0 Å². The molecule has 0 saturated carbocycles. The molecule has 1 N–H and O–H groups in total. The van der Waals surface area contributed by atoms with Crippen LogP contribution in [0.2, 0.25) is 0 Å². The summed E-state index contributed by atoms with van der Waals surface area (Å²) >= 11 is 5.51. The van der Waals surface area contributed by atoms with Crippen molar-refractivity contribution in [3.05, 3.63) is 29.3 Å². The zero-order valence-electron chi connectivity index (χ0n) is 13.5. The summed E-state index contributed by atoms with van der Waals surface area (Å²) in [4.78, 5) is 6.50. The van der Waals surface area contributed by atoms with Crippen molar-refractivity contribution in [2.24, 2.45) is 0 Å². The number of aromatic nitrogens is 5. The van der Waals surface area contributed by atoms with E-state index in [4.69, 9.17) is 12.2 Å². The smallest absolute Gasteiger partial charge is 0.199 e. The molecule has 3 rings (SSSR count). The van der Waals surface area contributed by atoms with E-state index >= 15 is 0 Å². The van der Waals surface area contributed by atoms with Crippen LogP contribution >= 0.6 is 12.2 Å². The van der Waals surface area contributed by atoms with Gasteiger partial charge in [-0.25, -0.2) is 9.67 Å². The largest absolute Gasteiger partial charge is 0.388 e. The third-order valence-corrected chi connectivity index (χ3v) is 4.86. The molecular weight excluding hydrogens is 312 g/mol. The highest BCUT2D eigenvalue weighted by Crippen LogP contribution is 2.22. The van der Waals surface area contributed by atoms with Crippen LogP contribution in [-0.2, 0) is 19.8 Å². The molecule has 126 valence electrons. The molecule has 0 amide bonds. The zero-order chi connectivity index (χ0) is 16.2. The van der Waals surface area contributed by atoms with Gasteiger partial charge in [-0.2, -0.15) is 5.10 Å². The molecule has 0 aliphatic carbocycles. The summed E-state index contributed by atoms with van der Waals surface area (Å²) < 4.78 is 6.68. The molecule has 8 heteroatoms. The summed E-state index contributed by atoms with van der Waals surface area (Å²) in [6.07, 6.45) is 8.96. The van der Waals surface area contributed by atoms with Gasteiger partial charge in [0.25, 0.3) is 0 Å². The Morgan fingerprint density at radius 2 is 2.13 bits per heavy atom. The maximum atomic E-state index is 9.46. The minimum absolute atomic E-state index is 0.0701. The molecule has 1 fully saturated rings. The van der Waals surface area contributed by atoms with Gasteiger partial charge in [0.1, 0.15) is 6.61 Å². The molecule has 2 aromatic heterocycles. The number of hydrogen-bond donors (Lipinski definition) is 1. The predicted octanol–water partition coefficient (Wildman–Crippen LogP) is 1.81. The van der Waals surface area contributed by atoms with Crippen LogP contribution < -0.4 is 0 Å². The molecule has 2 aromatic rings. The number of hydrogen-bond acceptors (Lipinski definition) is 5. The van der Waals surface area contributed by atoms with Crippen LogP contribution in [0.3, 0.4) is 0 Å². The van der Waals surface area contributed by atoms with E-state index < -0.39 is 0 Å². The van der Waals surface area contributed by atoms with Crippen molar-refractivity contribution in [2.45, 2.75) is 52.0 Å². The van der Waals surface area contributed by atoms with Gasteiger partial charge in [-0.05, 0) is 31.5 Å². The molecule has 0 unspecified atom stereocenters. The van der Waals surface area contributed by atoms with E-state index in [1.165, 1.54) is 0 Å². The maximum Gasteiger partial charge on any atom is 0.199 e. The van der Waals surface area contributed by atoms with Crippen molar-refractivity contribution in [1.82, 2.24) is 28.8 Å². The van der Waals surface area contributed by atoms with Gasteiger partial charge < -0.3 is 14.2 Å². The van der Waals surface area contributed by atoms with Gasteiger partial charge in [0.05, 0.1) is 13.0 Å². The molecule has 23 heavy (non-hydrogen) atoms. The fourth-order valence-electron chi connectivity index (χ4n) is 3.18. The molecular formula is C15H24N6OS. The molecule has 1 aliphatic heterocycles. The quantitative estimate of drug-likeness (QED) is 0.815. The lowest BCUT2D eigenvalue weighted by atomic mass is 10.1. The van der Waals surface area contributed by atoms with Gasteiger partial charge in [0, 0.05) is 38.1 Å². The topological polar surface area (TPSA) is 64.0 Å². The Kier molecular flexibility index (Phi) is 5.24. The minimum Gasteiger partial charge on any atom is -0.388 e. The van der Waals surface area contributed by atoms with E-state index in [2.05, 4.69) is 26.5 Å². The molecule has 0 aromatic carbocycles. The molecule has 1 aliphatic rings. The minimum atomic E-state index is -0.0701. The highest BCUT2D eigenvalue weighted by Gasteiger charge is 2.21. The Bertz CT molecular complexity index is 669. The Hall–Kier alpha value is -1.51. The molecule has 0 radical (unpaired) electrons. The third kappa shape index (κ3) is 3.54. The first-order chi connectivity index (χ1) is 11.2. The second kappa shape index (κ2) is 7.37. The summed E-state index contributed by atoms with van der Waals surface area (Å²) in [5.41, 5.74) is 0. The number of piperidine rings is 1. The van der Waals surface area contributed by atoms with Gasteiger partial charge in [-0.3, -0.25) is 4.90 Å². The first-order valence-electron chi connectivity index (χ1n) is 8.20. The summed E-state index contributed by atoms with van der Waals surface area (Å²) in [5, 5.41) is 13.9. The van der Waals surface area contributed by atoms with Crippen LogP contribution in [0.5, 0.6) is 0 Å². The fraction of sp³-hybridized carbons (Fsp3) is 0.667. The second-order valence-electron chi connectivity index (χ2n) is 6.01. The lowest BCUT2D eigenvalue weighted by Crippen LogP contribution is -2.36. The standard InChI is InChI=1S/C15H24N6OS/c1-2-6-20-14(10-22)17-21(15(20)23)12-18-7-3-13(4-8-18)19-9-5-16-11-19/h5,9,11,13,22H,2-4,6-8,10,12H2,1H3. The molecule has 0 bridgehead atoms. The Morgan fingerprint density at radius 1 is 1.35 bits per heavy atom. The molecule has 0 atom stereocenters. The predicted molar refractivity (Wildman–Crippen MR) is 89.3 cm³/mol. The molecule has 3 heterocycles. The number of aliphatic hydroxyl groups is 1. The Balaban J connectivity index is 1.63. The lowest BCUT2D eigenvalue weighted by Gasteiger charge is -2.32. The average molecular weight is 336 g/mol. The molecule has 1 saturated heterocycles. The maximum absolute atomic E-state index is 9.46. The summed E-state index contributed by atoms with van der Waals surface area (Å²) in [7, 11) is 0. The SMILES string of the molecule is CCCn1c(CO)nn(CN2CCC(n3ccnc3)CC2)c1=S. The number of rotatable bonds is 6. The Morgan fingerprint density at radius 3 is 2.74 bits per heavy atom. The van der Waals surface area contributed by atoms with Crippen LogP contribution in [0, 0.1) is 4.77 Å². The van der Waals surface area contributed by atoms with Crippen molar-refractivity contribution < 1.29 is 5.11 Å². The van der Waals surface area contributed by atoms with E-state index in [-0.39, 0.29) is 6.61 Å². The fourth-order valence-corrected chi connectivity index (χ4v) is 3.47. The first-order valence-corrected chi connectivity index (χ1v) is 8.61. The van der Waals surface area contributed by atoms with E-state index in [0.29, 0.717) is 23.3 Å².